The van der Waals surface area contributed by atoms with Crippen LogP contribution in [0.5, 0.6) is 0 Å². The van der Waals surface area contributed by atoms with Crippen LogP contribution in [0.1, 0.15) is 23.0 Å². The number of carbonyl (C=O) groups excluding carboxylic acids is 2. The number of amidine groups is 1. The monoisotopic (exact) mass is 372 g/mol. The molecule has 7 nitrogen and oxygen atoms in total. The maximum atomic E-state index is 12.7. The first-order valence-corrected chi connectivity index (χ1v) is 8.68. The fourth-order valence-electron chi connectivity index (χ4n) is 3.54. The van der Waals surface area contributed by atoms with Gasteiger partial charge in [-0.1, -0.05) is 28.7 Å². The summed E-state index contributed by atoms with van der Waals surface area (Å²) in [4.78, 5) is 32.2. The van der Waals surface area contributed by atoms with E-state index in [1.165, 1.54) is 11.9 Å². The molecule has 3 amide bonds. The minimum absolute atomic E-state index is 0.262. The summed E-state index contributed by atoms with van der Waals surface area (Å²) in [6.45, 7) is 4.59. The van der Waals surface area contributed by atoms with Crippen molar-refractivity contribution in [1.82, 2.24) is 14.4 Å². The lowest BCUT2D eigenvalue weighted by Gasteiger charge is -2.30. The number of carbonyl (C=O) groups is 2. The van der Waals surface area contributed by atoms with Crippen LogP contribution in [0.3, 0.4) is 0 Å². The molecule has 8 heteroatoms. The van der Waals surface area contributed by atoms with Gasteiger partial charge in [-0.05, 0) is 31.5 Å². The first kappa shape index (κ1) is 16.8. The standard InChI is InChI=1S/C18H19ClN5O2/c1-10-11(2)24-14-15(21(3)18(26)22(4)16(14)25)20-17(24)23(10)9-12-5-7-13(19)8-6-12/h5-8,14H,9H2,1-4H3/q+1. The van der Waals surface area contributed by atoms with Gasteiger partial charge in [-0.25, -0.2) is 13.9 Å². The molecule has 134 valence electrons. The topological polar surface area (TPSA) is 61.8 Å². The molecule has 2 aliphatic rings. The van der Waals surface area contributed by atoms with Gasteiger partial charge in [0.15, 0.2) is 0 Å². The third-order valence-corrected chi connectivity index (χ3v) is 5.45. The smallest absolute Gasteiger partial charge is 0.270 e. The molecule has 0 bridgehead atoms. The molecule has 1 fully saturated rings. The van der Waals surface area contributed by atoms with E-state index >= 15 is 0 Å². The Hall–Kier alpha value is -2.67. The molecule has 0 radical (unpaired) electrons. The molecule has 1 atom stereocenters. The quantitative estimate of drug-likeness (QED) is 0.759. The summed E-state index contributed by atoms with van der Waals surface area (Å²) in [5, 5.41) is 0.689. The van der Waals surface area contributed by atoms with E-state index in [0.29, 0.717) is 23.4 Å². The molecule has 26 heavy (non-hydrogen) atoms. The van der Waals surface area contributed by atoms with Crippen molar-refractivity contribution in [2.75, 3.05) is 14.1 Å². The number of aromatic nitrogens is 2. The molecule has 3 heterocycles. The van der Waals surface area contributed by atoms with Crippen molar-refractivity contribution in [2.45, 2.75) is 26.4 Å². The van der Waals surface area contributed by atoms with Gasteiger partial charge in [0.25, 0.3) is 5.91 Å². The van der Waals surface area contributed by atoms with E-state index in [0.717, 1.165) is 21.9 Å². The highest BCUT2D eigenvalue weighted by Crippen LogP contribution is 2.34. The Morgan fingerprint density at radius 3 is 2.42 bits per heavy atom. The first-order chi connectivity index (χ1) is 12.3. The van der Waals surface area contributed by atoms with Crippen molar-refractivity contribution in [2.24, 2.45) is 4.99 Å². The maximum absolute atomic E-state index is 12.7. The number of imidazole rings is 1. The van der Waals surface area contributed by atoms with Crippen LogP contribution in [-0.4, -0.2) is 46.2 Å². The second-order valence-electron chi connectivity index (χ2n) is 6.66. The van der Waals surface area contributed by atoms with Gasteiger partial charge in [0, 0.05) is 19.1 Å². The molecule has 0 aliphatic carbocycles. The van der Waals surface area contributed by atoms with Crippen LogP contribution in [0.2, 0.25) is 5.02 Å². The zero-order chi connectivity index (χ0) is 18.7. The lowest BCUT2D eigenvalue weighted by Crippen LogP contribution is -2.56. The Bertz CT molecular complexity index is 976. The van der Waals surface area contributed by atoms with E-state index in [4.69, 9.17) is 11.6 Å². The molecule has 4 rings (SSSR count). The maximum Gasteiger partial charge on any atom is 0.402 e. The van der Waals surface area contributed by atoms with Crippen molar-refractivity contribution >= 4 is 35.3 Å². The van der Waals surface area contributed by atoms with Gasteiger partial charge < -0.3 is 0 Å². The highest BCUT2D eigenvalue weighted by Gasteiger charge is 2.53. The minimum atomic E-state index is -0.595. The van der Waals surface area contributed by atoms with Crippen molar-refractivity contribution in [1.29, 1.82) is 0 Å². The third kappa shape index (κ3) is 2.20. The molecule has 1 aromatic carbocycles. The lowest BCUT2D eigenvalue weighted by molar-refractivity contribution is -0.680. The normalized spacial score (nSPS) is 19.0. The molecule has 2 aliphatic heterocycles. The van der Waals surface area contributed by atoms with E-state index in [1.54, 1.807) is 7.05 Å². The Labute approximate surface area is 156 Å². The second kappa shape index (κ2) is 5.67. The third-order valence-electron chi connectivity index (χ3n) is 5.20. The highest BCUT2D eigenvalue weighted by molar-refractivity contribution is 6.30. The summed E-state index contributed by atoms with van der Waals surface area (Å²) in [5.41, 5.74) is 3.08. The number of nitrogens with zero attached hydrogens (tertiary/aromatic N) is 5. The fourth-order valence-corrected chi connectivity index (χ4v) is 3.67. The van der Waals surface area contributed by atoms with Gasteiger partial charge in [0.05, 0.1) is 6.54 Å². The Morgan fingerprint density at radius 1 is 1.12 bits per heavy atom. The Kier molecular flexibility index (Phi) is 3.66. The van der Waals surface area contributed by atoms with Crippen molar-refractivity contribution in [3.8, 4) is 0 Å². The van der Waals surface area contributed by atoms with Crippen molar-refractivity contribution in [3.05, 3.63) is 46.2 Å². The fraction of sp³-hybridized carbons (Fsp3) is 0.333. The average molecular weight is 373 g/mol. The van der Waals surface area contributed by atoms with Crippen molar-refractivity contribution in [3.63, 3.8) is 0 Å². The number of rotatable bonds is 2. The average Bonchev–Trinajstić information content (AvgIpc) is 3.12. The SMILES string of the molecule is Cc1c(C)[n+](Cc2ccc(Cl)cc2)c2n1C1C(=O)N(C)C(=O)N(C)C1=N2. The van der Waals surface area contributed by atoms with Gasteiger partial charge in [-0.2, -0.15) is 0 Å². The summed E-state index contributed by atoms with van der Waals surface area (Å²) in [5.74, 6) is 0.890. The van der Waals surface area contributed by atoms with E-state index in [2.05, 4.69) is 9.56 Å². The molecule has 0 spiro atoms. The van der Waals surface area contributed by atoms with Crippen LogP contribution in [0, 0.1) is 13.8 Å². The molecule has 2 aromatic rings. The van der Waals surface area contributed by atoms with E-state index < -0.39 is 6.04 Å². The van der Waals surface area contributed by atoms with Crippen LogP contribution in [0.25, 0.3) is 0 Å². The molecular formula is C18H19ClN5O2+. The summed E-state index contributed by atoms with van der Waals surface area (Å²) in [7, 11) is 3.15. The Balaban J connectivity index is 1.83. The number of benzene rings is 1. The second-order valence-corrected chi connectivity index (χ2v) is 7.10. The van der Waals surface area contributed by atoms with E-state index in [1.807, 2.05) is 42.7 Å². The van der Waals surface area contributed by atoms with Crippen LogP contribution in [0.4, 0.5) is 10.7 Å². The number of hydrogen-bond acceptors (Lipinski definition) is 3. The van der Waals surface area contributed by atoms with Crippen molar-refractivity contribution < 1.29 is 14.2 Å². The summed E-state index contributed by atoms with van der Waals surface area (Å²) < 4.78 is 3.98. The molecule has 0 N–H and O–H groups in total. The van der Waals surface area contributed by atoms with Gasteiger partial charge in [-0.3, -0.25) is 14.6 Å². The number of fused-ring (bicyclic) bond motifs is 3. The summed E-state index contributed by atoms with van der Waals surface area (Å²) in [6.07, 6.45) is 0. The molecule has 0 saturated carbocycles. The predicted octanol–water partition coefficient (Wildman–Crippen LogP) is 2.20. The molecule has 1 aromatic heterocycles. The molecule has 1 saturated heterocycles. The first-order valence-electron chi connectivity index (χ1n) is 8.30. The van der Waals surface area contributed by atoms with Gasteiger partial charge in [-0.15, -0.1) is 0 Å². The minimum Gasteiger partial charge on any atom is -0.270 e. The number of aliphatic imine (C=N–C) groups is 1. The lowest BCUT2D eigenvalue weighted by atomic mass is 10.1. The zero-order valence-corrected chi connectivity index (χ0v) is 15.8. The number of amides is 3. The van der Waals surface area contributed by atoms with E-state index in [-0.39, 0.29) is 11.9 Å². The van der Waals surface area contributed by atoms with Crippen LogP contribution >= 0.6 is 11.6 Å². The molecular weight excluding hydrogens is 354 g/mol. The zero-order valence-electron chi connectivity index (χ0n) is 15.0. The summed E-state index contributed by atoms with van der Waals surface area (Å²) in [6, 6.07) is 6.69. The van der Waals surface area contributed by atoms with Crippen LogP contribution in [0.15, 0.2) is 29.3 Å². The molecule has 1 unspecified atom stereocenters. The number of urea groups is 1. The Morgan fingerprint density at radius 2 is 1.77 bits per heavy atom. The van der Waals surface area contributed by atoms with Gasteiger partial charge in [0.2, 0.25) is 11.9 Å². The number of imide groups is 1. The predicted molar refractivity (Wildman–Crippen MR) is 96.7 cm³/mol. The number of likely N-dealkylation sites (N-methyl/N-ethyl adjacent to an activating group) is 2. The largest absolute Gasteiger partial charge is 0.402 e. The van der Waals surface area contributed by atoms with Gasteiger partial charge >= 0.3 is 12.0 Å². The number of hydrogen-bond donors (Lipinski definition) is 0. The highest BCUT2D eigenvalue weighted by atomic mass is 35.5. The van der Waals surface area contributed by atoms with Crippen LogP contribution in [-0.2, 0) is 11.3 Å². The number of halogens is 1. The van der Waals surface area contributed by atoms with Crippen LogP contribution < -0.4 is 4.57 Å². The van der Waals surface area contributed by atoms with E-state index in [9.17, 15) is 9.59 Å². The summed E-state index contributed by atoms with van der Waals surface area (Å²) >= 11 is 5.97. The van der Waals surface area contributed by atoms with Gasteiger partial charge in [0.1, 0.15) is 11.4 Å².